The second-order valence-corrected chi connectivity index (χ2v) is 6.05. The molecule has 1 saturated carbocycles. The van der Waals surface area contributed by atoms with Crippen molar-refractivity contribution < 1.29 is 13.9 Å². The van der Waals surface area contributed by atoms with E-state index in [2.05, 4.69) is 17.5 Å². The van der Waals surface area contributed by atoms with Crippen molar-refractivity contribution in [2.24, 2.45) is 5.92 Å². The van der Waals surface area contributed by atoms with Gasteiger partial charge in [-0.3, -0.25) is 4.90 Å². The van der Waals surface area contributed by atoms with Crippen molar-refractivity contribution in [1.82, 2.24) is 4.90 Å². The Balaban J connectivity index is 1.59. The van der Waals surface area contributed by atoms with Crippen LogP contribution in [0.3, 0.4) is 0 Å². The lowest BCUT2D eigenvalue weighted by atomic mass is 10.0. The largest absolute Gasteiger partial charge is 0.465 e. The molecule has 0 spiro atoms. The second-order valence-electron chi connectivity index (χ2n) is 6.05. The van der Waals surface area contributed by atoms with E-state index in [0.29, 0.717) is 24.7 Å². The highest BCUT2D eigenvalue weighted by Crippen LogP contribution is 2.35. The molecule has 2 fully saturated rings. The molecule has 1 saturated heterocycles. The Morgan fingerprint density at radius 2 is 2.33 bits per heavy atom. The number of aryl methyl sites for hydroxylation is 1. The van der Waals surface area contributed by atoms with Crippen molar-refractivity contribution >= 4 is 0 Å². The molecule has 2 aliphatic rings. The third kappa shape index (κ3) is 3.39. The number of nitrogens with zero attached hydrogens (tertiary/aromatic N) is 1. The van der Waals surface area contributed by atoms with Crippen LogP contribution >= 0.6 is 0 Å². The highest BCUT2D eigenvalue weighted by molar-refractivity contribution is 5.06. The number of furan rings is 1. The topological polar surface area (TPSA) is 34.8 Å². The van der Waals surface area contributed by atoms with Gasteiger partial charge in [-0.05, 0) is 31.9 Å². The first-order chi connectivity index (χ1) is 10.3. The van der Waals surface area contributed by atoms with Crippen LogP contribution in [0.2, 0.25) is 0 Å². The number of hydrogen-bond donors (Lipinski definition) is 0. The van der Waals surface area contributed by atoms with Crippen LogP contribution < -0.4 is 0 Å². The summed E-state index contributed by atoms with van der Waals surface area (Å²) in [7, 11) is 0. The SMILES string of the molecule is C=CCOC[C@@H]1CC[C@H]2[C@H]1OCCN2Cc1ccc(C)o1. The average Bonchev–Trinajstić information content (AvgIpc) is 3.07. The van der Waals surface area contributed by atoms with Crippen molar-refractivity contribution in [3.8, 4) is 0 Å². The van der Waals surface area contributed by atoms with Crippen LogP contribution in [0.4, 0.5) is 0 Å². The Morgan fingerprint density at radius 3 is 3.10 bits per heavy atom. The minimum atomic E-state index is 0.305. The van der Waals surface area contributed by atoms with Crippen LogP contribution in [0.5, 0.6) is 0 Å². The van der Waals surface area contributed by atoms with Crippen LogP contribution in [0.1, 0.15) is 24.4 Å². The van der Waals surface area contributed by atoms with Gasteiger partial charge in [-0.15, -0.1) is 6.58 Å². The summed E-state index contributed by atoms with van der Waals surface area (Å²) in [5, 5.41) is 0. The number of fused-ring (bicyclic) bond motifs is 1. The summed E-state index contributed by atoms with van der Waals surface area (Å²) in [6, 6.07) is 4.62. The van der Waals surface area contributed by atoms with E-state index in [9.17, 15) is 0 Å². The Morgan fingerprint density at radius 1 is 1.43 bits per heavy atom. The van der Waals surface area contributed by atoms with E-state index in [1.807, 2.05) is 13.0 Å². The van der Waals surface area contributed by atoms with Gasteiger partial charge < -0.3 is 13.9 Å². The average molecular weight is 291 g/mol. The van der Waals surface area contributed by atoms with Crippen molar-refractivity contribution in [2.75, 3.05) is 26.4 Å². The van der Waals surface area contributed by atoms with E-state index in [1.54, 1.807) is 6.08 Å². The molecule has 116 valence electrons. The Labute approximate surface area is 126 Å². The quantitative estimate of drug-likeness (QED) is 0.596. The van der Waals surface area contributed by atoms with Gasteiger partial charge in [0.25, 0.3) is 0 Å². The maximum Gasteiger partial charge on any atom is 0.118 e. The summed E-state index contributed by atoms with van der Waals surface area (Å²) < 4.78 is 17.4. The molecule has 0 aromatic carbocycles. The van der Waals surface area contributed by atoms with Crippen LogP contribution in [-0.4, -0.2) is 43.4 Å². The van der Waals surface area contributed by atoms with Crippen LogP contribution in [0.25, 0.3) is 0 Å². The fourth-order valence-electron chi connectivity index (χ4n) is 3.58. The number of rotatable bonds is 6. The molecular weight excluding hydrogens is 266 g/mol. The van der Waals surface area contributed by atoms with E-state index in [4.69, 9.17) is 13.9 Å². The van der Waals surface area contributed by atoms with Crippen LogP contribution in [0.15, 0.2) is 29.2 Å². The molecule has 2 heterocycles. The van der Waals surface area contributed by atoms with Crippen LogP contribution in [-0.2, 0) is 16.0 Å². The molecule has 0 radical (unpaired) electrons. The molecule has 1 aliphatic carbocycles. The Kier molecular flexibility index (Phi) is 4.78. The van der Waals surface area contributed by atoms with Gasteiger partial charge in [0.1, 0.15) is 11.5 Å². The first-order valence-corrected chi connectivity index (χ1v) is 7.87. The molecule has 3 atom stereocenters. The molecule has 4 nitrogen and oxygen atoms in total. The lowest BCUT2D eigenvalue weighted by Crippen LogP contribution is -2.50. The highest BCUT2D eigenvalue weighted by atomic mass is 16.5. The lowest BCUT2D eigenvalue weighted by Gasteiger charge is -2.38. The molecule has 1 aliphatic heterocycles. The monoisotopic (exact) mass is 291 g/mol. The normalized spacial score (nSPS) is 29.5. The van der Waals surface area contributed by atoms with E-state index >= 15 is 0 Å². The molecule has 3 rings (SSSR count). The number of morpholine rings is 1. The minimum Gasteiger partial charge on any atom is -0.465 e. The lowest BCUT2D eigenvalue weighted by molar-refractivity contribution is -0.0882. The molecule has 0 unspecified atom stereocenters. The fraction of sp³-hybridized carbons (Fsp3) is 0.647. The van der Waals surface area contributed by atoms with Crippen molar-refractivity contribution in [3.05, 3.63) is 36.3 Å². The summed E-state index contributed by atoms with van der Waals surface area (Å²) in [5.74, 6) is 2.55. The van der Waals surface area contributed by atoms with Gasteiger partial charge in [0, 0.05) is 18.5 Å². The molecule has 4 heteroatoms. The molecule has 1 aromatic heterocycles. The Bertz CT molecular complexity index is 470. The van der Waals surface area contributed by atoms with Gasteiger partial charge >= 0.3 is 0 Å². The predicted molar refractivity (Wildman–Crippen MR) is 81.1 cm³/mol. The minimum absolute atomic E-state index is 0.305. The van der Waals surface area contributed by atoms with Crippen LogP contribution in [0, 0.1) is 12.8 Å². The molecule has 1 aromatic rings. The molecule has 0 N–H and O–H groups in total. The van der Waals surface area contributed by atoms with Gasteiger partial charge in [0.2, 0.25) is 0 Å². The summed E-state index contributed by atoms with van der Waals surface area (Å²) in [6.07, 6.45) is 4.48. The highest BCUT2D eigenvalue weighted by Gasteiger charge is 2.42. The van der Waals surface area contributed by atoms with E-state index in [0.717, 1.165) is 37.8 Å². The number of hydrogen-bond acceptors (Lipinski definition) is 4. The number of ether oxygens (including phenoxy) is 2. The first-order valence-electron chi connectivity index (χ1n) is 7.87. The van der Waals surface area contributed by atoms with E-state index in [-0.39, 0.29) is 0 Å². The summed E-state index contributed by atoms with van der Waals surface area (Å²) >= 11 is 0. The summed E-state index contributed by atoms with van der Waals surface area (Å²) in [4.78, 5) is 2.51. The Hall–Kier alpha value is -1.10. The van der Waals surface area contributed by atoms with Crippen molar-refractivity contribution in [1.29, 1.82) is 0 Å². The van der Waals surface area contributed by atoms with E-state index in [1.165, 1.54) is 12.8 Å². The third-order valence-electron chi connectivity index (χ3n) is 4.56. The van der Waals surface area contributed by atoms with Gasteiger partial charge in [-0.1, -0.05) is 6.08 Å². The third-order valence-corrected chi connectivity index (χ3v) is 4.56. The van der Waals surface area contributed by atoms with Crippen molar-refractivity contribution in [3.63, 3.8) is 0 Å². The fourth-order valence-corrected chi connectivity index (χ4v) is 3.58. The van der Waals surface area contributed by atoms with Gasteiger partial charge in [-0.2, -0.15) is 0 Å². The molecule has 21 heavy (non-hydrogen) atoms. The standard InChI is InChI=1S/C17H25NO3/c1-3-9-19-12-14-5-7-16-17(14)20-10-8-18(16)11-15-6-4-13(2)21-15/h3-4,6,14,16-17H,1,5,7-12H2,2H3/t14-,16-,17-/m0/s1. The maximum absolute atomic E-state index is 6.04. The molecule has 0 amide bonds. The zero-order chi connectivity index (χ0) is 14.7. The summed E-state index contributed by atoms with van der Waals surface area (Å²) in [5.41, 5.74) is 0. The van der Waals surface area contributed by atoms with Gasteiger partial charge in [0.15, 0.2) is 0 Å². The zero-order valence-electron chi connectivity index (χ0n) is 12.8. The smallest absolute Gasteiger partial charge is 0.118 e. The maximum atomic E-state index is 6.04. The van der Waals surface area contributed by atoms with Crippen molar-refractivity contribution in [2.45, 2.75) is 38.5 Å². The van der Waals surface area contributed by atoms with E-state index < -0.39 is 0 Å². The second kappa shape index (κ2) is 6.77. The molecule has 0 bridgehead atoms. The predicted octanol–water partition coefficient (Wildman–Crippen LogP) is 2.77. The zero-order valence-corrected chi connectivity index (χ0v) is 12.8. The van der Waals surface area contributed by atoms with Gasteiger partial charge in [-0.25, -0.2) is 0 Å². The van der Waals surface area contributed by atoms with Gasteiger partial charge in [0.05, 0.1) is 32.5 Å². The summed E-state index contributed by atoms with van der Waals surface area (Å²) in [6.45, 7) is 9.77. The first kappa shape index (κ1) is 14.8. The molecular formula is C17H25NO3.